The van der Waals surface area contributed by atoms with Gasteiger partial charge in [0, 0.05) is 38.2 Å². The molecule has 1 fully saturated rings. The maximum atomic E-state index is 12.7. The van der Waals surface area contributed by atoms with E-state index >= 15 is 0 Å². The molecule has 7 heteroatoms. The normalized spacial score (nSPS) is 13.7. The highest BCUT2D eigenvalue weighted by Gasteiger charge is 2.25. The van der Waals surface area contributed by atoms with Crippen molar-refractivity contribution in [3.8, 4) is 17.2 Å². The van der Waals surface area contributed by atoms with Gasteiger partial charge in [0.2, 0.25) is 5.91 Å². The lowest BCUT2D eigenvalue weighted by molar-refractivity contribution is -0.132. The van der Waals surface area contributed by atoms with Gasteiger partial charge in [0.1, 0.15) is 17.2 Å². The van der Waals surface area contributed by atoms with Gasteiger partial charge in [0.05, 0.1) is 21.3 Å². The molecule has 1 heterocycles. The van der Waals surface area contributed by atoms with Crippen molar-refractivity contribution < 1.29 is 23.8 Å². The first-order chi connectivity index (χ1) is 14.5. The van der Waals surface area contributed by atoms with E-state index in [-0.39, 0.29) is 11.8 Å². The third kappa shape index (κ3) is 5.03. The molecular weight excluding hydrogens is 384 g/mol. The lowest BCUT2D eigenvalue weighted by Crippen LogP contribution is -2.50. The van der Waals surface area contributed by atoms with Crippen molar-refractivity contribution in [2.45, 2.75) is 12.8 Å². The third-order valence-corrected chi connectivity index (χ3v) is 5.35. The van der Waals surface area contributed by atoms with Gasteiger partial charge in [0.25, 0.3) is 5.91 Å². The summed E-state index contributed by atoms with van der Waals surface area (Å²) < 4.78 is 15.8. The molecule has 0 N–H and O–H groups in total. The van der Waals surface area contributed by atoms with E-state index in [9.17, 15) is 9.59 Å². The standard InChI is InChI=1S/C23H28N2O5/c1-28-19-7-4-17(5-8-19)23(27)25-14-12-24(13-15-25)22(26)11-6-18-16-20(29-2)9-10-21(18)30-3/h4-5,7-10,16H,6,11-15H2,1-3H3. The number of hydrogen-bond acceptors (Lipinski definition) is 5. The van der Waals surface area contributed by atoms with E-state index in [1.807, 2.05) is 23.1 Å². The largest absolute Gasteiger partial charge is 0.497 e. The van der Waals surface area contributed by atoms with Crippen LogP contribution in [0.1, 0.15) is 22.3 Å². The van der Waals surface area contributed by atoms with E-state index in [4.69, 9.17) is 14.2 Å². The lowest BCUT2D eigenvalue weighted by Gasteiger charge is -2.35. The Balaban J connectivity index is 1.52. The Kier molecular flexibility index (Phi) is 7.17. The zero-order valence-electron chi connectivity index (χ0n) is 17.7. The summed E-state index contributed by atoms with van der Waals surface area (Å²) in [6, 6.07) is 12.7. The number of methoxy groups -OCH3 is 3. The minimum absolute atomic E-state index is 0.0223. The first-order valence-corrected chi connectivity index (χ1v) is 9.97. The summed E-state index contributed by atoms with van der Waals surface area (Å²) in [6.45, 7) is 2.13. The van der Waals surface area contributed by atoms with Crippen LogP contribution in [0.4, 0.5) is 0 Å². The van der Waals surface area contributed by atoms with E-state index in [1.54, 1.807) is 50.5 Å². The zero-order chi connectivity index (χ0) is 21.5. The molecule has 0 radical (unpaired) electrons. The fourth-order valence-corrected chi connectivity index (χ4v) is 3.55. The molecule has 2 amide bonds. The zero-order valence-corrected chi connectivity index (χ0v) is 17.7. The number of aryl methyl sites for hydroxylation is 1. The van der Waals surface area contributed by atoms with E-state index in [0.29, 0.717) is 44.6 Å². The summed E-state index contributed by atoms with van der Waals surface area (Å²) in [6.07, 6.45) is 0.958. The molecule has 3 rings (SSSR count). The molecule has 0 saturated carbocycles. The second-order valence-electron chi connectivity index (χ2n) is 7.08. The number of hydrogen-bond donors (Lipinski definition) is 0. The number of nitrogens with zero attached hydrogens (tertiary/aromatic N) is 2. The van der Waals surface area contributed by atoms with Crippen LogP contribution in [0.5, 0.6) is 17.2 Å². The van der Waals surface area contributed by atoms with Crippen LogP contribution in [-0.4, -0.2) is 69.1 Å². The van der Waals surface area contributed by atoms with Gasteiger partial charge in [-0.05, 0) is 54.4 Å². The van der Waals surface area contributed by atoms with Crippen molar-refractivity contribution in [1.82, 2.24) is 9.80 Å². The first kappa shape index (κ1) is 21.5. The van der Waals surface area contributed by atoms with Crippen LogP contribution in [0.15, 0.2) is 42.5 Å². The van der Waals surface area contributed by atoms with Crippen molar-refractivity contribution in [2.24, 2.45) is 0 Å². The van der Waals surface area contributed by atoms with Crippen molar-refractivity contribution >= 4 is 11.8 Å². The molecule has 1 saturated heterocycles. The van der Waals surface area contributed by atoms with Crippen LogP contribution in [-0.2, 0) is 11.2 Å². The summed E-state index contributed by atoms with van der Waals surface area (Å²) in [4.78, 5) is 29.0. The van der Waals surface area contributed by atoms with Gasteiger partial charge in [-0.15, -0.1) is 0 Å². The molecule has 1 aliphatic heterocycles. The smallest absolute Gasteiger partial charge is 0.253 e. The van der Waals surface area contributed by atoms with Crippen LogP contribution in [0.2, 0.25) is 0 Å². The molecule has 0 unspecified atom stereocenters. The Morgan fingerprint density at radius 3 is 2.00 bits per heavy atom. The third-order valence-electron chi connectivity index (χ3n) is 5.35. The highest BCUT2D eigenvalue weighted by atomic mass is 16.5. The topological polar surface area (TPSA) is 68.3 Å². The van der Waals surface area contributed by atoms with Gasteiger partial charge < -0.3 is 24.0 Å². The second-order valence-corrected chi connectivity index (χ2v) is 7.08. The number of piperazine rings is 1. The lowest BCUT2D eigenvalue weighted by atomic mass is 10.1. The van der Waals surface area contributed by atoms with Gasteiger partial charge in [-0.3, -0.25) is 9.59 Å². The van der Waals surface area contributed by atoms with Crippen molar-refractivity contribution in [2.75, 3.05) is 47.5 Å². The Bertz CT molecular complexity index is 874. The summed E-state index contributed by atoms with van der Waals surface area (Å²) in [5, 5.41) is 0. The molecule has 0 atom stereocenters. The molecule has 7 nitrogen and oxygen atoms in total. The van der Waals surface area contributed by atoms with Crippen molar-refractivity contribution in [3.05, 3.63) is 53.6 Å². The molecule has 0 aromatic heterocycles. The molecule has 2 aromatic rings. The number of amides is 2. The first-order valence-electron chi connectivity index (χ1n) is 9.97. The van der Waals surface area contributed by atoms with E-state index < -0.39 is 0 Å². The number of rotatable bonds is 7. The average Bonchev–Trinajstić information content (AvgIpc) is 2.82. The minimum atomic E-state index is -0.0223. The van der Waals surface area contributed by atoms with Crippen LogP contribution in [0.25, 0.3) is 0 Å². The van der Waals surface area contributed by atoms with Crippen LogP contribution in [0.3, 0.4) is 0 Å². The monoisotopic (exact) mass is 412 g/mol. The number of carbonyl (C=O) groups is 2. The number of benzene rings is 2. The maximum Gasteiger partial charge on any atom is 0.253 e. The predicted octanol–water partition coefficient (Wildman–Crippen LogP) is 2.63. The number of carbonyl (C=O) groups excluding carboxylic acids is 2. The highest BCUT2D eigenvalue weighted by molar-refractivity contribution is 5.94. The van der Waals surface area contributed by atoms with Gasteiger partial charge >= 0.3 is 0 Å². The fourth-order valence-electron chi connectivity index (χ4n) is 3.55. The van der Waals surface area contributed by atoms with Gasteiger partial charge in [-0.25, -0.2) is 0 Å². The van der Waals surface area contributed by atoms with Crippen molar-refractivity contribution in [3.63, 3.8) is 0 Å². The highest BCUT2D eigenvalue weighted by Crippen LogP contribution is 2.25. The summed E-state index contributed by atoms with van der Waals surface area (Å²) in [7, 11) is 4.83. The van der Waals surface area contributed by atoms with Gasteiger partial charge in [0.15, 0.2) is 0 Å². The Labute approximate surface area is 177 Å². The van der Waals surface area contributed by atoms with E-state index in [2.05, 4.69) is 0 Å². The number of ether oxygens (including phenoxy) is 3. The molecule has 0 aliphatic carbocycles. The maximum absolute atomic E-state index is 12.7. The quantitative estimate of drug-likeness (QED) is 0.699. The van der Waals surface area contributed by atoms with Crippen molar-refractivity contribution in [1.29, 1.82) is 0 Å². The van der Waals surface area contributed by atoms with Crippen LogP contribution < -0.4 is 14.2 Å². The molecular formula is C23H28N2O5. The molecule has 0 spiro atoms. The van der Waals surface area contributed by atoms with Crippen LogP contribution >= 0.6 is 0 Å². The van der Waals surface area contributed by atoms with Gasteiger partial charge in [-0.2, -0.15) is 0 Å². The Hall–Kier alpha value is -3.22. The molecule has 2 aromatic carbocycles. The molecule has 0 bridgehead atoms. The molecule has 1 aliphatic rings. The predicted molar refractivity (Wildman–Crippen MR) is 113 cm³/mol. The molecule has 160 valence electrons. The second kappa shape index (κ2) is 10.0. The Morgan fingerprint density at radius 2 is 1.40 bits per heavy atom. The molecule has 30 heavy (non-hydrogen) atoms. The SMILES string of the molecule is COc1ccc(C(=O)N2CCN(C(=O)CCc3cc(OC)ccc3OC)CC2)cc1. The Morgan fingerprint density at radius 1 is 0.800 bits per heavy atom. The van der Waals surface area contributed by atoms with E-state index in [0.717, 1.165) is 22.8 Å². The van der Waals surface area contributed by atoms with E-state index in [1.165, 1.54) is 0 Å². The summed E-state index contributed by atoms with van der Waals surface area (Å²) >= 11 is 0. The fraction of sp³-hybridized carbons (Fsp3) is 0.391. The van der Waals surface area contributed by atoms with Gasteiger partial charge in [-0.1, -0.05) is 0 Å². The van der Waals surface area contributed by atoms with Crippen LogP contribution in [0, 0.1) is 0 Å². The summed E-state index contributed by atoms with van der Waals surface area (Å²) in [5.74, 6) is 2.26. The minimum Gasteiger partial charge on any atom is -0.497 e. The average molecular weight is 412 g/mol. The summed E-state index contributed by atoms with van der Waals surface area (Å²) in [5.41, 5.74) is 1.57.